The van der Waals surface area contributed by atoms with Gasteiger partial charge in [0.15, 0.2) is 0 Å². The Morgan fingerprint density at radius 2 is 2.13 bits per heavy atom. The number of aliphatic hydroxyl groups excluding tert-OH is 1. The Kier molecular flexibility index (Phi) is 7.70. The van der Waals surface area contributed by atoms with Gasteiger partial charge in [-0.3, -0.25) is 9.59 Å². The van der Waals surface area contributed by atoms with Crippen LogP contribution < -0.4 is 4.74 Å². The lowest BCUT2D eigenvalue weighted by molar-refractivity contribution is -0.138. The highest BCUT2D eigenvalue weighted by Crippen LogP contribution is 2.29. The summed E-state index contributed by atoms with van der Waals surface area (Å²) in [5.41, 5.74) is 0.347. The van der Waals surface area contributed by atoms with Gasteiger partial charge in [-0.05, 0) is 41.8 Å². The van der Waals surface area contributed by atoms with Crippen LogP contribution >= 0.6 is 15.9 Å². The largest absolute Gasteiger partial charge is 0.472 e. The molecule has 166 valence electrons. The number of aromatic nitrogens is 1. The Balaban J connectivity index is 1.84. The summed E-state index contributed by atoms with van der Waals surface area (Å²) in [6.07, 6.45) is 2.72. The van der Waals surface area contributed by atoms with Crippen LogP contribution in [0.3, 0.4) is 0 Å². The predicted octanol–water partition coefficient (Wildman–Crippen LogP) is 1.95. The monoisotopic (exact) mass is 483 g/mol. The predicted molar refractivity (Wildman–Crippen MR) is 114 cm³/mol. The summed E-state index contributed by atoms with van der Waals surface area (Å²) in [5, 5.41) is 9.67. The maximum atomic E-state index is 13.1. The number of halogens is 1. The summed E-state index contributed by atoms with van der Waals surface area (Å²) >= 11 is 3.37. The van der Waals surface area contributed by atoms with E-state index in [4.69, 9.17) is 9.47 Å². The first kappa shape index (κ1) is 23.0. The molecule has 1 saturated heterocycles. The first-order valence-corrected chi connectivity index (χ1v) is 11.2. The van der Waals surface area contributed by atoms with Crippen LogP contribution in [0.15, 0.2) is 16.7 Å². The van der Waals surface area contributed by atoms with Crippen LogP contribution in [0.4, 0.5) is 0 Å². The molecule has 30 heavy (non-hydrogen) atoms. The van der Waals surface area contributed by atoms with Crippen molar-refractivity contribution in [2.75, 3.05) is 40.0 Å². The van der Waals surface area contributed by atoms with Crippen LogP contribution in [-0.4, -0.2) is 83.8 Å². The second kappa shape index (κ2) is 10.1. The third-order valence-electron chi connectivity index (χ3n) is 5.89. The first-order chi connectivity index (χ1) is 14.3. The topological polar surface area (TPSA) is 92.2 Å². The molecule has 3 atom stereocenters. The fourth-order valence-corrected chi connectivity index (χ4v) is 4.24. The van der Waals surface area contributed by atoms with Crippen molar-refractivity contribution >= 4 is 27.7 Å². The molecule has 3 rings (SSSR count). The van der Waals surface area contributed by atoms with E-state index in [1.165, 1.54) is 0 Å². The molecule has 2 aliphatic rings. The Morgan fingerprint density at radius 3 is 2.80 bits per heavy atom. The highest BCUT2D eigenvalue weighted by atomic mass is 79.9. The molecule has 1 fully saturated rings. The second-order valence-electron chi connectivity index (χ2n) is 8.23. The Labute approximate surface area is 185 Å². The summed E-state index contributed by atoms with van der Waals surface area (Å²) in [4.78, 5) is 33.7. The van der Waals surface area contributed by atoms with Crippen molar-refractivity contribution in [2.24, 2.45) is 11.8 Å². The van der Waals surface area contributed by atoms with Crippen LogP contribution in [-0.2, 0) is 9.53 Å². The number of pyridine rings is 1. The minimum absolute atomic E-state index is 0.0264. The normalized spacial score (nSPS) is 23.8. The van der Waals surface area contributed by atoms with Gasteiger partial charge >= 0.3 is 0 Å². The molecule has 2 amide bonds. The van der Waals surface area contributed by atoms with E-state index in [2.05, 4.69) is 20.9 Å². The fraction of sp³-hybridized carbons (Fsp3) is 0.667. The zero-order chi connectivity index (χ0) is 21.8. The average molecular weight is 484 g/mol. The van der Waals surface area contributed by atoms with Crippen molar-refractivity contribution in [1.82, 2.24) is 14.8 Å². The van der Waals surface area contributed by atoms with E-state index in [0.29, 0.717) is 36.3 Å². The number of amides is 2. The van der Waals surface area contributed by atoms with Gasteiger partial charge < -0.3 is 24.4 Å². The molecule has 0 aliphatic carbocycles. The lowest BCUT2D eigenvalue weighted by Crippen LogP contribution is -2.51. The van der Waals surface area contributed by atoms with Crippen molar-refractivity contribution in [3.05, 3.63) is 22.3 Å². The molecular formula is C21H30BrN3O5. The number of carbonyl (C=O) groups is 2. The summed E-state index contributed by atoms with van der Waals surface area (Å²) < 4.78 is 12.2. The minimum Gasteiger partial charge on any atom is -0.472 e. The summed E-state index contributed by atoms with van der Waals surface area (Å²) in [6, 6.07) is 1.35. The number of hydrogen-bond donors (Lipinski definition) is 1. The molecule has 1 N–H and O–H groups in total. The summed E-state index contributed by atoms with van der Waals surface area (Å²) in [6.45, 7) is 5.70. The van der Waals surface area contributed by atoms with Gasteiger partial charge in [-0.25, -0.2) is 4.98 Å². The number of ether oxygens (including phenoxy) is 2. The summed E-state index contributed by atoms with van der Waals surface area (Å²) in [7, 11) is 1.79. The van der Waals surface area contributed by atoms with Gasteiger partial charge in [0.25, 0.3) is 5.91 Å². The van der Waals surface area contributed by atoms with Gasteiger partial charge in [0.2, 0.25) is 11.8 Å². The van der Waals surface area contributed by atoms with Crippen molar-refractivity contribution in [1.29, 1.82) is 0 Å². The highest BCUT2D eigenvalue weighted by Gasteiger charge is 2.35. The van der Waals surface area contributed by atoms with Crippen LogP contribution in [0, 0.1) is 11.8 Å². The maximum Gasteiger partial charge on any atom is 0.259 e. The van der Waals surface area contributed by atoms with E-state index < -0.39 is 0 Å². The second-order valence-corrected chi connectivity index (χ2v) is 9.15. The molecule has 1 aromatic heterocycles. The SMILES string of the molecule is C[C@@H]1CN([C@@H](C)CO)C(=O)c2cc(Br)cnc2O[C@@H]1CN(C)C(=O)C1CCOCC1. The first-order valence-electron chi connectivity index (χ1n) is 10.4. The molecule has 0 radical (unpaired) electrons. The van der Waals surface area contributed by atoms with Crippen LogP contribution in [0.25, 0.3) is 0 Å². The molecule has 3 heterocycles. The highest BCUT2D eigenvalue weighted by molar-refractivity contribution is 9.10. The van der Waals surface area contributed by atoms with Crippen molar-refractivity contribution in [2.45, 2.75) is 38.8 Å². The van der Waals surface area contributed by atoms with Gasteiger partial charge in [-0.2, -0.15) is 0 Å². The fourth-order valence-electron chi connectivity index (χ4n) is 3.91. The number of fused-ring (bicyclic) bond motifs is 1. The lowest BCUT2D eigenvalue weighted by atomic mass is 9.97. The van der Waals surface area contributed by atoms with Gasteiger partial charge in [0, 0.05) is 49.3 Å². The van der Waals surface area contributed by atoms with E-state index in [1.54, 1.807) is 29.1 Å². The third kappa shape index (κ3) is 5.12. The molecule has 9 heteroatoms. The standard InChI is InChI=1S/C21H30BrN3O5/c1-13-10-25(14(2)12-26)21(28)17-8-16(22)9-23-19(17)30-18(13)11-24(3)20(27)15-4-6-29-7-5-15/h8-9,13-15,18,26H,4-7,10-12H2,1-3H3/t13-,14+,18-/m1/s1. The van der Waals surface area contributed by atoms with Crippen molar-refractivity contribution < 1.29 is 24.2 Å². The Hall–Kier alpha value is -1.71. The number of nitrogens with zero attached hydrogens (tertiary/aromatic N) is 3. The third-order valence-corrected chi connectivity index (χ3v) is 6.32. The van der Waals surface area contributed by atoms with Crippen LogP contribution in [0.2, 0.25) is 0 Å². The zero-order valence-electron chi connectivity index (χ0n) is 17.7. The van der Waals surface area contributed by atoms with Gasteiger partial charge in [0.1, 0.15) is 11.7 Å². The van der Waals surface area contributed by atoms with Crippen molar-refractivity contribution in [3.8, 4) is 5.88 Å². The minimum atomic E-state index is -0.341. The van der Waals surface area contributed by atoms with Gasteiger partial charge in [-0.1, -0.05) is 6.92 Å². The molecule has 8 nitrogen and oxygen atoms in total. The van der Waals surface area contributed by atoms with Crippen molar-refractivity contribution in [3.63, 3.8) is 0 Å². The van der Waals surface area contributed by atoms with E-state index in [-0.39, 0.29) is 48.3 Å². The molecular weight excluding hydrogens is 454 g/mol. The van der Waals surface area contributed by atoms with Crippen LogP contribution in [0.5, 0.6) is 5.88 Å². The molecule has 0 aromatic carbocycles. The number of aliphatic hydroxyl groups is 1. The van der Waals surface area contributed by atoms with E-state index in [0.717, 1.165) is 12.8 Å². The smallest absolute Gasteiger partial charge is 0.259 e. The Bertz CT molecular complexity index is 771. The molecule has 0 unspecified atom stereocenters. The van der Waals surface area contributed by atoms with Crippen LogP contribution in [0.1, 0.15) is 37.0 Å². The van der Waals surface area contributed by atoms with Gasteiger partial charge in [-0.15, -0.1) is 0 Å². The maximum absolute atomic E-state index is 13.1. The van der Waals surface area contributed by atoms with E-state index >= 15 is 0 Å². The Morgan fingerprint density at radius 1 is 1.43 bits per heavy atom. The number of rotatable bonds is 5. The summed E-state index contributed by atoms with van der Waals surface area (Å²) in [5.74, 6) is 0.0313. The quantitative estimate of drug-likeness (QED) is 0.687. The zero-order valence-corrected chi connectivity index (χ0v) is 19.3. The number of carbonyl (C=O) groups excluding carboxylic acids is 2. The molecule has 0 bridgehead atoms. The lowest BCUT2D eigenvalue weighted by Gasteiger charge is -2.38. The number of likely N-dealkylation sites (N-methyl/N-ethyl adjacent to an activating group) is 1. The van der Waals surface area contributed by atoms with E-state index in [1.807, 2.05) is 13.8 Å². The molecule has 2 aliphatic heterocycles. The number of hydrogen-bond acceptors (Lipinski definition) is 6. The molecule has 0 saturated carbocycles. The molecule has 1 aromatic rings. The average Bonchev–Trinajstić information content (AvgIpc) is 2.76. The van der Waals surface area contributed by atoms with E-state index in [9.17, 15) is 14.7 Å². The van der Waals surface area contributed by atoms with Gasteiger partial charge in [0.05, 0.1) is 19.2 Å². The molecule has 0 spiro atoms.